The molecule has 6 unspecified atom stereocenters. The van der Waals surface area contributed by atoms with Gasteiger partial charge in [0.15, 0.2) is 0 Å². The van der Waals surface area contributed by atoms with E-state index >= 15 is 0 Å². The fourth-order valence-corrected chi connectivity index (χ4v) is 13.5. The zero-order valence-electron chi connectivity index (χ0n) is 41.6. The van der Waals surface area contributed by atoms with Gasteiger partial charge in [-0.25, -0.2) is 0 Å². The molecule has 13 aromatic rings. The monoisotopic (exact) mass is 859 g/mol. The second-order valence-corrected chi connectivity index (χ2v) is 22.1. The third-order valence-corrected chi connectivity index (χ3v) is 18.8. The predicted molar refractivity (Wildman–Crippen MR) is 296 cm³/mol. The van der Waals surface area contributed by atoms with E-state index in [2.05, 4.69) is 156 Å². The first-order valence-electron chi connectivity index (χ1n) is 26.3. The van der Waals surface area contributed by atoms with Gasteiger partial charge in [0, 0.05) is 0 Å². The molecule has 13 rings (SSSR count). The van der Waals surface area contributed by atoms with Gasteiger partial charge in [-0.2, -0.15) is 0 Å². The summed E-state index contributed by atoms with van der Waals surface area (Å²) < 4.78 is 0. The molecule has 330 valence electrons. The number of hydrogen-bond donors (Lipinski definition) is 0. The second kappa shape index (κ2) is 14.0. The lowest BCUT2D eigenvalue weighted by Gasteiger charge is -2.31. The molecule has 0 heteroatoms. The Morgan fingerprint density at radius 1 is 0.197 bits per heavy atom. The van der Waals surface area contributed by atoms with E-state index in [-0.39, 0.29) is 0 Å². The van der Waals surface area contributed by atoms with Crippen LogP contribution in [0, 0.1) is 0 Å². The van der Waals surface area contributed by atoms with Crippen LogP contribution in [-0.4, -0.2) is 0 Å². The molecule has 0 spiro atoms. The molecule has 0 aliphatic rings. The molecule has 0 radical (unpaired) electrons. The molecule has 0 aliphatic carbocycles. The summed E-state index contributed by atoms with van der Waals surface area (Å²) in [4.78, 5) is 0. The lowest BCUT2D eigenvalue weighted by atomic mass is 9.71. The quantitative estimate of drug-likeness (QED) is 0.0848. The summed E-state index contributed by atoms with van der Waals surface area (Å²) >= 11 is 0. The van der Waals surface area contributed by atoms with Crippen molar-refractivity contribution in [3.05, 3.63) is 106 Å². The van der Waals surface area contributed by atoms with Gasteiger partial charge in [-0.3, -0.25) is 0 Å². The highest BCUT2D eigenvalue weighted by Crippen LogP contribution is 2.61. The SMILES string of the molecule is CCC(C)c1cc2c3cc(C(C)CC)cc4c5cc(C(C)CC)cc6c7cc(C(C)CC)cc8c9cc(C(C)CC)cc%10c%11cc(C(C)CC)cc%12c(c1)c2c1c(c34)c(c56)c(c78)c(c%109)c1c%12%11. The Morgan fingerprint density at radius 2 is 0.303 bits per heavy atom. The molecule has 0 amide bonds. The van der Waals surface area contributed by atoms with Crippen molar-refractivity contribution >= 4 is 129 Å². The minimum absolute atomic E-state index is 0.458. The first-order chi connectivity index (χ1) is 32.0. The normalized spacial score (nSPS) is 16.2. The van der Waals surface area contributed by atoms with E-state index in [1.165, 1.54) is 163 Å². The molecule has 0 N–H and O–H groups in total. The number of rotatable bonds is 12. The van der Waals surface area contributed by atoms with Crippen LogP contribution < -0.4 is 0 Å². The maximum absolute atomic E-state index is 2.66. The fourth-order valence-electron chi connectivity index (χ4n) is 13.5. The average molecular weight is 859 g/mol. The van der Waals surface area contributed by atoms with Gasteiger partial charge >= 0.3 is 0 Å². The summed E-state index contributed by atoms with van der Waals surface area (Å²) in [7, 11) is 0. The highest BCUT2D eigenvalue weighted by molar-refractivity contribution is 6.61. The van der Waals surface area contributed by atoms with Crippen molar-refractivity contribution in [2.45, 2.75) is 157 Å². The molecule has 13 aromatic carbocycles. The molecule has 6 atom stereocenters. The topological polar surface area (TPSA) is 0 Å². The predicted octanol–water partition coefficient (Wildman–Crippen LogP) is 21.2. The van der Waals surface area contributed by atoms with E-state index in [4.69, 9.17) is 0 Å². The largest absolute Gasteiger partial charge is 0.0648 e. The summed E-state index contributed by atoms with van der Waals surface area (Å²) in [5, 5.41) is 35.7. The number of fused-ring (bicyclic) bond motifs is 6. The molecule has 0 saturated heterocycles. The smallest absolute Gasteiger partial charge is 0.0000472 e. The Labute approximate surface area is 390 Å². The third kappa shape index (κ3) is 4.92. The number of hydrogen-bond acceptors (Lipinski definition) is 0. The molecule has 66 heavy (non-hydrogen) atoms. The van der Waals surface area contributed by atoms with Crippen molar-refractivity contribution in [2.75, 3.05) is 0 Å². The van der Waals surface area contributed by atoms with E-state index in [1.807, 2.05) is 0 Å². The van der Waals surface area contributed by atoms with Gasteiger partial charge in [-0.05, 0) is 237 Å². The maximum Gasteiger partial charge on any atom is -0.0000472 e. The van der Waals surface area contributed by atoms with E-state index in [0.29, 0.717) is 35.5 Å². The lowest BCUT2D eigenvalue weighted by molar-refractivity contribution is 0.734. The lowest BCUT2D eigenvalue weighted by Crippen LogP contribution is -2.04. The summed E-state index contributed by atoms with van der Waals surface area (Å²) in [6, 6.07) is 31.9. The third-order valence-electron chi connectivity index (χ3n) is 18.8. The first-order valence-corrected chi connectivity index (χ1v) is 26.3. The Hall–Kier alpha value is -5.46. The van der Waals surface area contributed by atoms with Crippen LogP contribution in [0.3, 0.4) is 0 Å². The van der Waals surface area contributed by atoms with Crippen LogP contribution in [0.1, 0.15) is 190 Å². The van der Waals surface area contributed by atoms with E-state index < -0.39 is 0 Å². The number of benzene rings is 13. The van der Waals surface area contributed by atoms with Gasteiger partial charge in [-0.15, -0.1) is 0 Å². The van der Waals surface area contributed by atoms with Crippen molar-refractivity contribution in [3.63, 3.8) is 0 Å². The van der Waals surface area contributed by atoms with Gasteiger partial charge < -0.3 is 0 Å². The van der Waals surface area contributed by atoms with Gasteiger partial charge in [0.1, 0.15) is 0 Å². The second-order valence-electron chi connectivity index (χ2n) is 22.1. The van der Waals surface area contributed by atoms with E-state index in [9.17, 15) is 0 Å². The fraction of sp³-hybridized carbons (Fsp3) is 0.364. The average Bonchev–Trinajstić information content (AvgIpc) is 3.36. The van der Waals surface area contributed by atoms with Gasteiger partial charge in [-0.1, -0.05) is 156 Å². The van der Waals surface area contributed by atoms with Crippen LogP contribution >= 0.6 is 0 Å². The van der Waals surface area contributed by atoms with Gasteiger partial charge in [0.25, 0.3) is 0 Å². The van der Waals surface area contributed by atoms with Crippen molar-refractivity contribution in [1.29, 1.82) is 0 Å². The van der Waals surface area contributed by atoms with E-state index in [0.717, 1.165) is 38.5 Å². The van der Waals surface area contributed by atoms with Crippen molar-refractivity contribution in [2.24, 2.45) is 0 Å². The van der Waals surface area contributed by atoms with Crippen LogP contribution in [0.5, 0.6) is 0 Å². The Morgan fingerprint density at radius 3 is 0.394 bits per heavy atom. The molecule has 0 nitrogen and oxygen atoms in total. The Bertz CT molecular complexity index is 3170. The van der Waals surface area contributed by atoms with Crippen LogP contribution in [0.25, 0.3) is 129 Å². The summed E-state index contributed by atoms with van der Waals surface area (Å²) in [6.07, 6.45) is 6.73. The van der Waals surface area contributed by atoms with Gasteiger partial charge in [0.2, 0.25) is 0 Å². The first kappa shape index (κ1) is 40.8. The standard InChI is InChI=1S/C66H66/c1-13-31(7)37-19-43-45-21-38(32(8)14-2)23-47-49-25-40(34(10)16-4)27-51-53-29-42(36(12)18-6)30-54-52-28-41(35(11)17-5)26-50-48-24-39(33(9)15-3)22-46-44(20-37)55(43)61-62(56(45)47)64(58(49)51)66(60(53)54)65(59(50)52)63(61)57(46)48/h19-36H,13-18H2,1-12H3. The van der Waals surface area contributed by atoms with Crippen molar-refractivity contribution < 1.29 is 0 Å². The summed E-state index contributed by atoms with van der Waals surface area (Å²) in [5.41, 5.74) is 8.88. The highest BCUT2D eigenvalue weighted by atomic mass is 14.4. The van der Waals surface area contributed by atoms with Crippen LogP contribution in [0.4, 0.5) is 0 Å². The van der Waals surface area contributed by atoms with Crippen molar-refractivity contribution in [1.82, 2.24) is 0 Å². The highest BCUT2D eigenvalue weighted by Gasteiger charge is 2.33. The molecule has 0 heterocycles. The summed E-state index contributed by atoms with van der Waals surface area (Å²) in [5.74, 6) is 2.75. The van der Waals surface area contributed by atoms with Crippen LogP contribution in [-0.2, 0) is 0 Å². The molecule has 0 aliphatic heterocycles. The van der Waals surface area contributed by atoms with E-state index in [1.54, 1.807) is 0 Å². The summed E-state index contributed by atoms with van der Waals surface area (Å²) in [6.45, 7) is 29.0. The zero-order valence-corrected chi connectivity index (χ0v) is 41.6. The maximum atomic E-state index is 2.66. The molecular weight excluding hydrogens is 793 g/mol. The molecule has 0 saturated carbocycles. The van der Waals surface area contributed by atoms with Gasteiger partial charge in [0.05, 0.1) is 0 Å². The van der Waals surface area contributed by atoms with Crippen LogP contribution in [0.2, 0.25) is 0 Å². The molecule has 0 bridgehead atoms. The minimum Gasteiger partial charge on any atom is -0.0648 e. The zero-order chi connectivity index (χ0) is 45.5. The molecule has 0 aromatic heterocycles. The van der Waals surface area contributed by atoms with Crippen LogP contribution in [0.15, 0.2) is 72.8 Å². The Balaban J connectivity index is 1.47. The van der Waals surface area contributed by atoms with Crippen molar-refractivity contribution in [3.8, 4) is 0 Å². The Kier molecular flexibility index (Phi) is 8.68. The molecular formula is C66H66. The minimum atomic E-state index is 0.458. The molecule has 0 fully saturated rings.